The first kappa shape index (κ1) is 21.2. The number of carbonyl (C=O) groups excluding carboxylic acids is 1. The second-order valence-corrected chi connectivity index (χ2v) is 9.22. The Morgan fingerprint density at radius 1 is 1.03 bits per heavy atom. The van der Waals surface area contributed by atoms with Crippen LogP contribution in [-0.4, -0.2) is 38.9 Å². The first-order chi connectivity index (χ1) is 13.7. The number of aryl methyl sites for hydroxylation is 2. The van der Waals surface area contributed by atoms with Gasteiger partial charge in [-0.1, -0.05) is 12.1 Å². The maximum Gasteiger partial charge on any atom is 0.262 e. The van der Waals surface area contributed by atoms with Crippen molar-refractivity contribution in [2.45, 2.75) is 45.4 Å². The zero-order valence-electron chi connectivity index (χ0n) is 17.4. The van der Waals surface area contributed by atoms with Crippen molar-refractivity contribution in [3.05, 3.63) is 52.6 Å². The summed E-state index contributed by atoms with van der Waals surface area (Å²) in [5.41, 5.74) is 3.75. The van der Waals surface area contributed by atoms with E-state index in [1.165, 1.54) is 0 Å². The molecule has 0 unspecified atom stereocenters. The summed E-state index contributed by atoms with van der Waals surface area (Å²) in [5, 5.41) is 0. The van der Waals surface area contributed by atoms with Crippen LogP contribution < -0.4 is 9.46 Å². The van der Waals surface area contributed by atoms with Crippen LogP contribution in [0.4, 0.5) is 5.69 Å². The predicted octanol–water partition coefficient (Wildman–Crippen LogP) is 3.72. The van der Waals surface area contributed by atoms with Crippen molar-refractivity contribution < 1.29 is 17.9 Å². The van der Waals surface area contributed by atoms with Gasteiger partial charge in [-0.05, 0) is 74.9 Å². The molecule has 1 saturated heterocycles. The molecule has 1 amide bonds. The first-order valence-electron chi connectivity index (χ1n) is 9.80. The Labute approximate surface area is 172 Å². The molecule has 0 aliphatic carbocycles. The van der Waals surface area contributed by atoms with Crippen molar-refractivity contribution in [1.82, 2.24) is 4.90 Å². The molecule has 0 aromatic heterocycles. The third kappa shape index (κ3) is 4.72. The highest BCUT2D eigenvalue weighted by molar-refractivity contribution is 7.92. The van der Waals surface area contributed by atoms with Gasteiger partial charge in [0.15, 0.2) is 6.61 Å². The molecule has 0 atom stereocenters. The monoisotopic (exact) mass is 416 g/mol. The highest BCUT2D eigenvalue weighted by Crippen LogP contribution is 2.28. The van der Waals surface area contributed by atoms with Crippen LogP contribution in [0.5, 0.6) is 5.75 Å². The van der Waals surface area contributed by atoms with Crippen LogP contribution in [0.3, 0.4) is 0 Å². The van der Waals surface area contributed by atoms with E-state index in [0.717, 1.165) is 48.2 Å². The number of amides is 1. The summed E-state index contributed by atoms with van der Waals surface area (Å²) < 4.78 is 34.4. The van der Waals surface area contributed by atoms with Crippen molar-refractivity contribution in [3.63, 3.8) is 0 Å². The molecule has 29 heavy (non-hydrogen) atoms. The van der Waals surface area contributed by atoms with E-state index in [9.17, 15) is 13.2 Å². The van der Waals surface area contributed by atoms with E-state index in [2.05, 4.69) is 4.72 Å². The minimum absolute atomic E-state index is 0.0463. The highest BCUT2D eigenvalue weighted by Gasteiger charge is 2.22. The average Bonchev–Trinajstić information content (AvgIpc) is 3.19. The van der Waals surface area contributed by atoms with Crippen molar-refractivity contribution in [1.29, 1.82) is 0 Å². The zero-order chi connectivity index (χ0) is 21.2. The highest BCUT2D eigenvalue weighted by atomic mass is 32.2. The minimum Gasteiger partial charge on any atom is -0.484 e. The van der Waals surface area contributed by atoms with E-state index in [4.69, 9.17) is 4.74 Å². The minimum atomic E-state index is -3.76. The van der Waals surface area contributed by atoms with E-state index < -0.39 is 10.0 Å². The number of sulfonamides is 1. The quantitative estimate of drug-likeness (QED) is 0.779. The number of anilines is 1. The first-order valence-corrected chi connectivity index (χ1v) is 11.3. The summed E-state index contributed by atoms with van der Waals surface area (Å²) in [6.45, 7) is 8.96. The van der Waals surface area contributed by atoms with Gasteiger partial charge in [0.05, 0.1) is 10.6 Å². The number of ether oxygens (including phenoxy) is 1. The van der Waals surface area contributed by atoms with E-state index in [1.54, 1.807) is 29.2 Å². The maximum absolute atomic E-state index is 13.1. The van der Waals surface area contributed by atoms with Crippen LogP contribution in [-0.2, 0) is 14.8 Å². The second kappa shape index (κ2) is 8.45. The third-order valence-corrected chi connectivity index (χ3v) is 7.13. The fraction of sp³-hybridized carbons (Fsp3) is 0.409. The molecule has 0 bridgehead atoms. The maximum atomic E-state index is 13.1. The van der Waals surface area contributed by atoms with Gasteiger partial charge in [-0.25, -0.2) is 8.42 Å². The topological polar surface area (TPSA) is 75.7 Å². The van der Waals surface area contributed by atoms with Crippen LogP contribution in [0.25, 0.3) is 0 Å². The van der Waals surface area contributed by atoms with E-state index in [0.29, 0.717) is 16.3 Å². The summed E-state index contributed by atoms with van der Waals surface area (Å²) in [5.74, 6) is 0.404. The van der Waals surface area contributed by atoms with Gasteiger partial charge in [0.25, 0.3) is 15.9 Å². The lowest BCUT2D eigenvalue weighted by atomic mass is 10.0. The zero-order valence-corrected chi connectivity index (χ0v) is 18.2. The van der Waals surface area contributed by atoms with Crippen LogP contribution in [0, 0.1) is 27.7 Å². The summed E-state index contributed by atoms with van der Waals surface area (Å²) >= 11 is 0. The lowest BCUT2D eigenvalue weighted by Crippen LogP contribution is -2.32. The van der Waals surface area contributed by atoms with Crippen molar-refractivity contribution in [3.8, 4) is 5.75 Å². The Morgan fingerprint density at radius 3 is 2.28 bits per heavy atom. The number of benzene rings is 2. The Kier molecular flexibility index (Phi) is 6.17. The largest absolute Gasteiger partial charge is 0.484 e. The van der Waals surface area contributed by atoms with Gasteiger partial charge in [0, 0.05) is 19.2 Å². The van der Waals surface area contributed by atoms with Gasteiger partial charge in [-0.2, -0.15) is 0 Å². The molecule has 1 fully saturated rings. The van der Waals surface area contributed by atoms with Gasteiger partial charge < -0.3 is 9.64 Å². The molecule has 3 rings (SSSR count). The lowest BCUT2D eigenvalue weighted by molar-refractivity contribution is -0.132. The fourth-order valence-electron chi connectivity index (χ4n) is 3.64. The van der Waals surface area contributed by atoms with Crippen molar-refractivity contribution in [2.75, 3.05) is 24.4 Å². The summed E-state index contributed by atoms with van der Waals surface area (Å²) in [4.78, 5) is 14.2. The number of nitrogens with one attached hydrogen (secondary N) is 1. The van der Waals surface area contributed by atoms with Crippen LogP contribution in [0.1, 0.15) is 35.1 Å². The van der Waals surface area contributed by atoms with E-state index in [-0.39, 0.29) is 12.5 Å². The molecule has 1 N–H and O–H groups in total. The Hall–Kier alpha value is -2.54. The molecule has 2 aromatic carbocycles. The SMILES string of the molecule is Cc1cc(C)c(C)c(S(=O)(=O)Nc2cccc(OCC(=O)N3CCCC3)c2)c1C. The van der Waals surface area contributed by atoms with E-state index >= 15 is 0 Å². The van der Waals surface area contributed by atoms with Gasteiger partial charge >= 0.3 is 0 Å². The fourth-order valence-corrected chi connectivity index (χ4v) is 5.31. The number of hydrogen-bond acceptors (Lipinski definition) is 4. The van der Waals surface area contributed by atoms with Gasteiger partial charge in [0.1, 0.15) is 5.75 Å². The molecule has 0 radical (unpaired) electrons. The molecule has 156 valence electrons. The number of rotatable bonds is 6. The Morgan fingerprint density at radius 2 is 1.66 bits per heavy atom. The van der Waals surface area contributed by atoms with Crippen LogP contribution in [0.2, 0.25) is 0 Å². The molecule has 2 aromatic rings. The third-order valence-electron chi connectivity index (χ3n) is 5.47. The Balaban J connectivity index is 1.77. The average molecular weight is 417 g/mol. The standard InChI is InChI=1S/C22H28N2O4S/c1-15-12-16(2)18(4)22(17(15)3)29(26,27)23-19-8-7-9-20(13-19)28-14-21(25)24-10-5-6-11-24/h7-9,12-13,23H,5-6,10-11,14H2,1-4H3. The molecule has 0 saturated carbocycles. The number of hydrogen-bond donors (Lipinski definition) is 1. The normalized spacial score (nSPS) is 14.1. The van der Waals surface area contributed by atoms with Crippen LogP contribution in [0.15, 0.2) is 35.2 Å². The predicted molar refractivity (Wildman–Crippen MR) is 114 cm³/mol. The second-order valence-electron chi connectivity index (χ2n) is 7.60. The van der Waals surface area contributed by atoms with Crippen molar-refractivity contribution in [2.24, 2.45) is 0 Å². The summed E-state index contributed by atoms with van der Waals surface area (Å²) in [7, 11) is -3.76. The molecule has 1 aliphatic rings. The van der Waals surface area contributed by atoms with Gasteiger partial charge in [0.2, 0.25) is 0 Å². The molecular weight excluding hydrogens is 388 g/mol. The van der Waals surface area contributed by atoms with Gasteiger partial charge in [-0.3, -0.25) is 9.52 Å². The smallest absolute Gasteiger partial charge is 0.262 e. The van der Waals surface area contributed by atoms with E-state index in [1.807, 2.05) is 33.8 Å². The van der Waals surface area contributed by atoms with Crippen LogP contribution >= 0.6 is 0 Å². The lowest BCUT2D eigenvalue weighted by Gasteiger charge is -2.17. The summed E-state index contributed by atoms with van der Waals surface area (Å²) in [6, 6.07) is 8.68. The Bertz CT molecular complexity index is 999. The molecular formula is C22H28N2O4S. The number of nitrogens with zero attached hydrogens (tertiary/aromatic N) is 1. The molecule has 1 heterocycles. The molecule has 7 heteroatoms. The van der Waals surface area contributed by atoms with Crippen molar-refractivity contribution >= 4 is 21.6 Å². The molecule has 0 spiro atoms. The summed E-state index contributed by atoms with van der Waals surface area (Å²) in [6.07, 6.45) is 2.06. The molecule has 1 aliphatic heterocycles. The molecule has 6 nitrogen and oxygen atoms in total. The van der Waals surface area contributed by atoms with Gasteiger partial charge in [-0.15, -0.1) is 0 Å². The number of carbonyl (C=O) groups is 1. The number of likely N-dealkylation sites (tertiary alicyclic amines) is 1.